The average Bonchev–Trinajstić information content (AvgIpc) is 2.83. The van der Waals surface area contributed by atoms with Crippen molar-refractivity contribution < 1.29 is 4.74 Å². The van der Waals surface area contributed by atoms with Crippen molar-refractivity contribution in [3.8, 4) is 0 Å². The van der Waals surface area contributed by atoms with E-state index in [0.29, 0.717) is 12.1 Å². The topological polar surface area (TPSA) is 33.3 Å². The van der Waals surface area contributed by atoms with E-state index in [2.05, 4.69) is 10.6 Å². The zero-order chi connectivity index (χ0) is 13.2. The Hall–Kier alpha value is -0.120. The highest BCUT2D eigenvalue weighted by Gasteiger charge is 2.12. The smallest absolute Gasteiger partial charge is 0.0480 e. The molecule has 2 aliphatic rings. The van der Waals surface area contributed by atoms with Gasteiger partial charge < -0.3 is 15.4 Å². The van der Waals surface area contributed by atoms with Crippen LogP contribution >= 0.6 is 0 Å². The van der Waals surface area contributed by atoms with Crippen molar-refractivity contribution >= 4 is 0 Å². The first kappa shape index (κ1) is 15.3. The van der Waals surface area contributed by atoms with Crippen molar-refractivity contribution in [2.45, 2.75) is 76.3 Å². The molecule has 0 bridgehead atoms. The predicted molar refractivity (Wildman–Crippen MR) is 80.6 cm³/mol. The zero-order valence-electron chi connectivity index (χ0n) is 12.5. The quantitative estimate of drug-likeness (QED) is 0.727. The summed E-state index contributed by atoms with van der Waals surface area (Å²) in [6.45, 7) is 4.28. The van der Waals surface area contributed by atoms with Gasteiger partial charge in [-0.1, -0.05) is 25.7 Å². The molecule has 0 radical (unpaired) electrons. The Morgan fingerprint density at radius 1 is 0.684 bits per heavy atom. The molecule has 3 nitrogen and oxygen atoms in total. The highest BCUT2D eigenvalue weighted by molar-refractivity contribution is 4.72. The van der Waals surface area contributed by atoms with Crippen LogP contribution in [0.4, 0.5) is 0 Å². The molecule has 2 fully saturated rings. The van der Waals surface area contributed by atoms with Gasteiger partial charge in [0, 0.05) is 25.3 Å². The Balaban J connectivity index is 1.46. The fourth-order valence-corrected chi connectivity index (χ4v) is 3.25. The molecule has 112 valence electrons. The number of rotatable bonds is 6. The van der Waals surface area contributed by atoms with E-state index in [1.807, 2.05) is 0 Å². The maximum Gasteiger partial charge on any atom is 0.0480 e. The molecule has 2 heterocycles. The van der Waals surface area contributed by atoms with Gasteiger partial charge >= 0.3 is 0 Å². The second kappa shape index (κ2) is 9.73. The highest BCUT2D eigenvalue weighted by atomic mass is 16.5. The van der Waals surface area contributed by atoms with Gasteiger partial charge in [-0.15, -0.1) is 0 Å². The lowest BCUT2D eigenvalue weighted by Gasteiger charge is -2.17. The third-order valence-corrected chi connectivity index (χ3v) is 4.55. The monoisotopic (exact) mass is 268 g/mol. The van der Waals surface area contributed by atoms with E-state index >= 15 is 0 Å². The largest absolute Gasteiger partial charge is 0.381 e. The van der Waals surface area contributed by atoms with Crippen molar-refractivity contribution in [1.82, 2.24) is 10.6 Å². The lowest BCUT2D eigenvalue weighted by molar-refractivity contribution is 0.114. The summed E-state index contributed by atoms with van der Waals surface area (Å²) in [6.07, 6.45) is 13.4. The Morgan fingerprint density at radius 3 is 1.74 bits per heavy atom. The molecule has 2 saturated heterocycles. The number of hydrogen-bond acceptors (Lipinski definition) is 3. The van der Waals surface area contributed by atoms with E-state index in [1.165, 1.54) is 77.3 Å². The average molecular weight is 268 g/mol. The summed E-state index contributed by atoms with van der Waals surface area (Å²) >= 11 is 0. The SMILES string of the molecule is C1CCNC(CCOCCC2CCCCCN2)CC1. The van der Waals surface area contributed by atoms with Crippen LogP contribution in [0.3, 0.4) is 0 Å². The first-order valence-corrected chi connectivity index (χ1v) is 8.49. The van der Waals surface area contributed by atoms with Crippen LogP contribution in [0, 0.1) is 0 Å². The van der Waals surface area contributed by atoms with Gasteiger partial charge in [0.25, 0.3) is 0 Å². The van der Waals surface area contributed by atoms with E-state index < -0.39 is 0 Å². The van der Waals surface area contributed by atoms with E-state index in [-0.39, 0.29) is 0 Å². The molecule has 0 aromatic heterocycles. The summed E-state index contributed by atoms with van der Waals surface area (Å²) < 4.78 is 5.84. The number of hydrogen-bond donors (Lipinski definition) is 2. The number of ether oxygens (including phenoxy) is 1. The Bertz CT molecular complexity index is 185. The molecule has 2 N–H and O–H groups in total. The van der Waals surface area contributed by atoms with Gasteiger partial charge in [-0.2, -0.15) is 0 Å². The highest BCUT2D eigenvalue weighted by Crippen LogP contribution is 2.12. The van der Waals surface area contributed by atoms with E-state index in [0.717, 1.165) is 13.2 Å². The summed E-state index contributed by atoms with van der Waals surface area (Å²) in [6, 6.07) is 1.41. The molecular weight excluding hydrogens is 236 g/mol. The summed E-state index contributed by atoms with van der Waals surface area (Å²) in [5, 5.41) is 7.28. The van der Waals surface area contributed by atoms with Crippen molar-refractivity contribution in [1.29, 1.82) is 0 Å². The third kappa shape index (κ3) is 6.73. The predicted octanol–water partition coefficient (Wildman–Crippen LogP) is 2.85. The van der Waals surface area contributed by atoms with E-state index in [9.17, 15) is 0 Å². The van der Waals surface area contributed by atoms with Gasteiger partial charge in [-0.05, 0) is 51.6 Å². The normalized spacial score (nSPS) is 29.7. The number of nitrogens with one attached hydrogen (secondary N) is 2. The summed E-state index contributed by atoms with van der Waals surface area (Å²) in [5.74, 6) is 0. The van der Waals surface area contributed by atoms with Crippen LogP contribution in [-0.4, -0.2) is 38.4 Å². The van der Waals surface area contributed by atoms with E-state index in [1.54, 1.807) is 0 Å². The van der Waals surface area contributed by atoms with Crippen molar-refractivity contribution in [3.05, 3.63) is 0 Å². The molecule has 0 aromatic carbocycles. The summed E-state index contributed by atoms with van der Waals surface area (Å²) in [4.78, 5) is 0. The van der Waals surface area contributed by atoms with E-state index in [4.69, 9.17) is 4.74 Å². The second-order valence-electron chi connectivity index (χ2n) is 6.19. The molecule has 0 spiro atoms. The molecule has 2 rings (SSSR count). The first-order valence-electron chi connectivity index (χ1n) is 8.49. The third-order valence-electron chi connectivity index (χ3n) is 4.55. The minimum atomic E-state index is 0.707. The molecule has 2 aliphatic heterocycles. The van der Waals surface area contributed by atoms with Crippen LogP contribution in [0.25, 0.3) is 0 Å². The second-order valence-corrected chi connectivity index (χ2v) is 6.19. The molecule has 0 aromatic rings. The molecule has 0 aliphatic carbocycles. The van der Waals surface area contributed by atoms with Crippen molar-refractivity contribution in [3.63, 3.8) is 0 Å². The molecule has 0 amide bonds. The van der Waals surface area contributed by atoms with Crippen molar-refractivity contribution in [2.24, 2.45) is 0 Å². The molecule has 2 atom stereocenters. The Labute approximate surface area is 118 Å². The minimum Gasteiger partial charge on any atom is -0.381 e. The molecule has 19 heavy (non-hydrogen) atoms. The molecule has 0 saturated carbocycles. The van der Waals surface area contributed by atoms with Crippen LogP contribution in [0.1, 0.15) is 64.2 Å². The molecular formula is C16H32N2O. The summed E-state index contributed by atoms with van der Waals surface area (Å²) in [7, 11) is 0. The first-order chi connectivity index (χ1) is 9.45. The maximum absolute atomic E-state index is 5.84. The van der Waals surface area contributed by atoms with Crippen LogP contribution in [-0.2, 0) is 4.74 Å². The standard InChI is InChI=1S/C16H32N2O/c1-3-7-15(17-11-5-1)9-13-19-14-10-16-8-4-2-6-12-18-16/h15-18H,1-14H2. The molecule has 3 heteroatoms. The van der Waals surface area contributed by atoms with Gasteiger partial charge in [-0.25, -0.2) is 0 Å². The fraction of sp³-hybridized carbons (Fsp3) is 1.00. The maximum atomic E-state index is 5.84. The van der Waals surface area contributed by atoms with Crippen LogP contribution in [0.2, 0.25) is 0 Å². The lowest BCUT2D eigenvalue weighted by Crippen LogP contribution is -2.30. The van der Waals surface area contributed by atoms with Gasteiger partial charge in [-0.3, -0.25) is 0 Å². The fourth-order valence-electron chi connectivity index (χ4n) is 3.25. The van der Waals surface area contributed by atoms with Crippen LogP contribution in [0.5, 0.6) is 0 Å². The van der Waals surface area contributed by atoms with Gasteiger partial charge in [0.15, 0.2) is 0 Å². The van der Waals surface area contributed by atoms with Crippen LogP contribution in [0.15, 0.2) is 0 Å². The van der Waals surface area contributed by atoms with Crippen molar-refractivity contribution in [2.75, 3.05) is 26.3 Å². The summed E-state index contributed by atoms with van der Waals surface area (Å²) in [5.41, 5.74) is 0. The van der Waals surface area contributed by atoms with Gasteiger partial charge in [0.2, 0.25) is 0 Å². The lowest BCUT2D eigenvalue weighted by atomic mass is 10.1. The molecule has 2 unspecified atom stereocenters. The Kier molecular flexibility index (Phi) is 7.82. The zero-order valence-corrected chi connectivity index (χ0v) is 12.5. The van der Waals surface area contributed by atoms with Gasteiger partial charge in [0.1, 0.15) is 0 Å². The van der Waals surface area contributed by atoms with Crippen LogP contribution < -0.4 is 10.6 Å². The Morgan fingerprint density at radius 2 is 1.21 bits per heavy atom. The minimum absolute atomic E-state index is 0.707. The van der Waals surface area contributed by atoms with Gasteiger partial charge in [0.05, 0.1) is 0 Å².